The number of benzene rings is 2. The van der Waals surface area contributed by atoms with E-state index in [4.69, 9.17) is 0 Å². The van der Waals surface area contributed by atoms with Crippen LogP contribution < -0.4 is 5.32 Å². The van der Waals surface area contributed by atoms with Crippen LogP contribution in [0.25, 0.3) is 11.0 Å². The summed E-state index contributed by atoms with van der Waals surface area (Å²) < 4.78 is 26.5. The van der Waals surface area contributed by atoms with E-state index in [9.17, 15) is 8.78 Å². The molecular weight excluding hydrogens is 236 g/mol. The van der Waals surface area contributed by atoms with E-state index in [-0.39, 0.29) is 5.69 Å². The van der Waals surface area contributed by atoms with Gasteiger partial charge in [0, 0.05) is 6.07 Å². The topological polar surface area (TPSA) is 40.7 Å². The van der Waals surface area contributed by atoms with Crippen molar-refractivity contribution in [3.8, 4) is 0 Å². The number of rotatable bonds is 2. The maximum atomic E-state index is 13.4. The molecule has 0 aliphatic heterocycles. The van der Waals surface area contributed by atoms with Crippen LogP contribution >= 0.6 is 0 Å². The Morgan fingerprint density at radius 2 is 1.89 bits per heavy atom. The van der Waals surface area contributed by atoms with Crippen LogP contribution in [-0.4, -0.2) is 9.97 Å². The Labute approximate surface area is 101 Å². The molecule has 0 atom stereocenters. The van der Waals surface area contributed by atoms with Gasteiger partial charge in [-0.05, 0) is 24.3 Å². The molecule has 0 amide bonds. The number of halogens is 2. The highest BCUT2D eigenvalue weighted by Crippen LogP contribution is 2.21. The van der Waals surface area contributed by atoms with Gasteiger partial charge in [-0.1, -0.05) is 12.1 Å². The molecule has 2 N–H and O–H groups in total. The number of H-pyrrole nitrogens is 1. The predicted molar refractivity (Wildman–Crippen MR) is 65.7 cm³/mol. The van der Waals surface area contributed by atoms with Crippen LogP contribution in [0.3, 0.4) is 0 Å². The minimum atomic E-state index is -0.531. The quantitative estimate of drug-likeness (QED) is 0.724. The Bertz CT molecular complexity index is 673. The van der Waals surface area contributed by atoms with E-state index >= 15 is 0 Å². The number of para-hydroxylation sites is 2. The highest BCUT2D eigenvalue weighted by Gasteiger charge is 2.07. The number of nitrogens with one attached hydrogen (secondary N) is 2. The Balaban J connectivity index is 1.98. The van der Waals surface area contributed by atoms with E-state index in [2.05, 4.69) is 15.3 Å². The third kappa shape index (κ3) is 1.90. The summed E-state index contributed by atoms with van der Waals surface area (Å²) in [7, 11) is 0. The largest absolute Gasteiger partial charge is 0.324 e. The zero-order valence-corrected chi connectivity index (χ0v) is 9.24. The fraction of sp³-hybridized carbons (Fsp3) is 0. The summed E-state index contributed by atoms with van der Waals surface area (Å²) in [5, 5.41) is 2.72. The first-order valence-corrected chi connectivity index (χ1v) is 5.39. The molecule has 3 nitrogen and oxygen atoms in total. The van der Waals surface area contributed by atoms with Crippen molar-refractivity contribution in [3.05, 3.63) is 54.1 Å². The molecule has 1 aromatic heterocycles. The Morgan fingerprint density at radius 3 is 2.72 bits per heavy atom. The van der Waals surface area contributed by atoms with Gasteiger partial charge in [0.05, 0.1) is 16.7 Å². The molecule has 0 radical (unpaired) electrons. The third-order valence-corrected chi connectivity index (χ3v) is 2.57. The van der Waals surface area contributed by atoms with E-state index in [0.29, 0.717) is 5.95 Å². The summed E-state index contributed by atoms with van der Waals surface area (Å²) in [5.41, 5.74) is 1.64. The first kappa shape index (κ1) is 10.7. The molecule has 0 unspecified atom stereocenters. The van der Waals surface area contributed by atoms with Gasteiger partial charge in [0.1, 0.15) is 11.6 Å². The van der Waals surface area contributed by atoms with Gasteiger partial charge in [0.2, 0.25) is 5.95 Å². The van der Waals surface area contributed by atoms with Crippen molar-refractivity contribution in [2.24, 2.45) is 0 Å². The minimum absolute atomic E-state index is 0.0501. The molecule has 0 bridgehead atoms. The number of aromatic nitrogens is 2. The van der Waals surface area contributed by atoms with Crippen LogP contribution in [0.5, 0.6) is 0 Å². The van der Waals surface area contributed by atoms with E-state index in [1.54, 1.807) is 0 Å². The summed E-state index contributed by atoms with van der Waals surface area (Å²) in [4.78, 5) is 7.20. The number of hydrogen-bond acceptors (Lipinski definition) is 2. The fourth-order valence-corrected chi connectivity index (χ4v) is 1.73. The highest BCUT2D eigenvalue weighted by atomic mass is 19.1. The van der Waals surface area contributed by atoms with Crippen molar-refractivity contribution < 1.29 is 8.78 Å². The smallest absolute Gasteiger partial charge is 0.205 e. The second kappa shape index (κ2) is 4.10. The van der Waals surface area contributed by atoms with Crippen molar-refractivity contribution in [1.29, 1.82) is 0 Å². The second-order valence-corrected chi connectivity index (χ2v) is 3.85. The molecule has 3 rings (SSSR count). The second-order valence-electron chi connectivity index (χ2n) is 3.85. The van der Waals surface area contributed by atoms with E-state index in [1.807, 2.05) is 24.3 Å². The first-order valence-electron chi connectivity index (χ1n) is 5.39. The van der Waals surface area contributed by atoms with Gasteiger partial charge < -0.3 is 10.3 Å². The average molecular weight is 245 g/mol. The molecule has 5 heteroatoms. The number of fused-ring (bicyclic) bond motifs is 1. The molecule has 18 heavy (non-hydrogen) atoms. The van der Waals surface area contributed by atoms with Crippen LogP contribution in [0.4, 0.5) is 20.4 Å². The maximum Gasteiger partial charge on any atom is 0.205 e. The van der Waals surface area contributed by atoms with Crippen molar-refractivity contribution in [2.45, 2.75) is 0 Å². The fourth-order valence-electron chi connectivity index (χ4n) is 1.73. The lowest BCUT2D eigenvalue weighted by Crippen LogP contribution is -1.96. The van der Waals surface area contributed by atoms with Gasteiger partial charge in [-0.15, -0.1) is 0 Å². The number of aromatic amines is 1. The standard InChI is InChI=1S/C13H9F2N3/c14-8-5-6-9(15)12(7-8)18-13-16-10-3-1-2-4-11(10)17-13/h1-7H,(H2,16,17,18). The van der Waals surface area contributed by atoms with Crippen molar-refractivity contribution in [2.75, 3.05) is 5.32 Å². The Hall–Kier alpha value is -2.43. The molecule has 0 spiro atoms. The predicted octanol–water partition coefficient (Wildman–Crippen LogP) is 3.58. The number of hydrogen-bond donors (Lipinski definition) is 2. The minimum Gasteiger partial charge on any atom is -0.324 e. The van der Waals surface area contributed by atoms with Gasteiger partial charge in [0.25, 0.3) is 0 Å². The molecule has 2 aromatic carbocycles. The van der Waals surface area contributed by atoms with Crippen molar-refractivity contribution in [3.63, 3.8) is 0 Å². The highest BCUT2D eigenvalue weighted by molar-refractivity contribution is 5.78. The summed E-state index contributed by atoms with van der Waals surface area (Å²) in [6.07, 6.45) is 0. The first-order chi connectivity index (χ1) is 8.72. The molecule has 1 heterocycles. The molecule has 90 valence electrons. The third-order valence-electron chi connectivity index (χ3n) is 2.57. The van der Waals surface area contributed by atoms with Crippen LogP contribution in [0, 0.1) is 11.6 Å². The molecular formula is C13H9F2N3. The van der Waals surface area contributed by atoms with Gasteiger partial charge in [0.15, 0.2) is 0 Å². The van der Waals surface area contributed by atoms with Gasteiger partial charge >= 0.3 is 0 Å². The Kier molecular flexibility index (Phi) is 2.44. The van der Waals surface area contributed by atoms with Crippen molar-refractivity contribution >= 4 is 22.7 Å². The summed E-state index contributed by atoms with van der Waals surface area (Å²) in [6.45, 7) is 0. The van der Waals surface area contributed by atoms with Gasteiger partial charge in [-0.3, -0.25) is 0 Å². The lowest BCUT2D eigenvalue weighted by Gasteiger charge is -2.03. The van der Waals surface area contributed by atoms with Crippen LogP contribution in [0.1, 0.15) is 0 Å². The van der Waals surface area contributed by atoms with Gasteiger partial charge in [-0.25, -0.2) is 13.8 Å². The number of imidazole rings is 1. The lowest BCUT2D eigenvalue weighted by atomic mass is 10.3. The van der Waals surface area contributed by atoms with E-state index in [1.165, 1.54) is 0 Å². The summed E-state index contributed by atoms with van der Waals surface area (Å²) in [6, 6.07) is 10.6. The summed E-state index contributed by atoms with van der Waals surface area (Å²) >= 11 is 0. The molecule has 0 saturated carbocycles. The van der Waals surface area contributed by atoms with Gasteiger partial charge in [-0.2, -0.15) is 0 Å². The maximum absolute atomic E-state index is 13.4. The SMILES string of the molecule is Fc1ccc(F)c(Nc2nc3ccccc3[nH]2)c1. The summed E-state index contributed by atoms with van der Waals surface area (Å²) in [5.74, 6) is -0.660. The average Bonchev–Trinajstić information content (AvgIpc) is 2.76. The molecule has 0 aliphatic rings. The monoisotopic (exact) mass is 245 g/mol. The van der Waals surface area contributed by atoms with E-state index < -0.39 is 11.6 Å². The Morgan fingerprint density at radius 1 is 1.06 bits per heavy atom. The zero-order valence-electron chi connectivity index (χ0n) is 9.24. The number of nitrogens with zero attached hydrogens (tertiary/aromatic N) is 1. The van der Waals surface area contributed by atoms with Crippen LogP contribution in [0.15, 0.2) is 42.5 Å². The van der Waals surface area contributed by atoms with Crippen LogP contribution in [0.2, 0.25) is 0 Å². The molecule has 3 aromatic rings. The van der Waals surface area contributed by atoms with Crippen molar-refractivity contribution in [1.82, 2.24) is 9.97 Å². The molecule has 0 fully saturated rings. The molecule has 0 aliphatic carbocycles. The molecule has 0 saturated heterocycles. The van der Waals surface area contributed by atoms with E-state index in [0.717, 1.165) is 29.2 Å². The lowest BCUT2D eigenvalue weighted by molar-refractivity contribution is 0.603. The zero-order chi connectivity index (χ0) is 12.5. The number of anilines is 2. The normalized spacial score (nSPS) is 10.8. The van der Waals surface area contributed by atoms with Crippen LogP contribution in [-0.2, 0) is 0 Å².